The summed E-state index contributed by atoms with van der Waals surface area (Å²) < 4.78 is 69.8. The van der Waals surface area contributed by atoms with E-state index in [1.165, 1.54) is 12.1 Å². The van der Waals surface area contributed by atoms with E-state index in [-0.39, 0.29) is 5.56 Å². The Morgan fingerprint density at radius 2 is 1.44 bits per heavy atom. The monoisotopic (exact) mass is 306 g/mol. The Bertz CT molecular complexity index is 530. The molecule has 3 rings (SSSR count). The second-order valence-electron chi connectivity index (χ2n) is 4.54. The van der Waals surface area contributed by atoms with Crippen molar-refractivity contribution < 1.29 is 24.2 Å². The number of alkyl halides is 1. The van der Waals surface area contributed by atoms with Crippen molar-refractivity contribution >= 4 is 21.8 Å². The lowest BCUT2D eigenvalue weighted by molar-refractivity contribution is 0.0703. The van der Waals surface area contributed by atoms with Crippen molar-refractivity contribution in [1.29, 1.82) is 0 Å². The molecule has 102 valence electrons. The molecule has 0 aromatic heterocycles. The Hall–Kier alpha value is -0.530. The summed E-state index contributed by atoms with van der Waals surface area (Å²) in [5.41, 5.74) is 0.637. The highest BCUT2D eigenvalue weighted by atomic mass is 35.5. The third-order valence-electron chi connectivity index (χ3n) is 3.32. The summed E-state index contributed by atoms with van der Waals surface area (Å²) in [5.74, 6) is 0. The zero-order chi connectivity index (χ0) is 13.4. The average Bonchev–Trinajstić information content (AvgIpc) is 2.70. The molecule has 0 aliphatic carbocycles. The van der Waals surface area contributed by atoms with Gasteiger partial charge >= 0.3 is 0 Å². The molecule has 0 amide bonds. The number of hydrogen-bond acceptors (Lipinski definition) is 1. The SMILES string of the molecule is FS(F)(F)(F)(F)C1C2OC(c3ccccc32)C1Cl. The van der Waals surface area contributed by atoms with Crippen molar-refractivity contribution in [2.24, 2.45) is 0 Å². The molecule has 0 saturated carbocycles. The van der Waals surface area contributed by atoms with Crippen molar-refractivity contribution in [3.05, 3.63) is 35.4 Å². The van der Waals surface area contributed by atoms with Crippen LogP contribution in [-0.2, 0) is 4.74 Å². The van der Waals surface area contributed by atoms with Crippen molar-refractivity contribution in [1.82, 2.24) is 0 Å². The van der Waals surface area contributed by atoms with E-state index in [1.54, 1.807) is 12.1 Å². The fraction of sp³-hybridized carbons (Fsp3) is 0.400. The zero-order valence-electron chi connectivity index (χ0n) is 8.70. The maximum absolute atomic E-state index is 13.0. The maximum Gasteiger partial charge on any atom is 0.292 e. The molecule has 4 unspecified atom stereocenters. The van der Waals surface area contributed by atoms with Gasteiger partial charge in [0.15, 0.2) is 0 Å². The highest BCUT2D eigenvalue weighted by Crippen LogP contribution is 3.03. The Morgan fingerprint density at radius 3 is 1.94 bits per heavy atom. The number of hydrogen-bond donors (Lipinski definition) is 0. The third-order valence-corrected chi connectivity index (χ3v) is 5.54. The Labute approximate surface area is 105 Å². The first-order valence-corrected chi connectivity index (χ1v) is 7.55. The maximum atomic E-state index is 13.0. The molecule has 0 radical (unpaired) electrons. The van der Waals surface area contributed by atoms with Gasteiger partial charge < -0.3 is 4.74 Å². The summed E-state index contributed by atoms with van der Waals surface area (Å²) in [7, 11) is -9.68. The van der Waals surface area contributed by atoms with Gasteiger partial charge in [0, 0.05) is 0 Å². The Morgan fingerprint density at radius 1 is 0.944 bits per heavy atom. The molecule has 2 aliphatic rings. The summed E-state index contributed by atoms with van der Waals surface area (Å²) in [4.78, 5) is 0. The standard InChI is InChI=1S/C10H8ClF5OS/c11-7-8-5-3-1-2-4-6(5)9(17-8)10(7)18(12,13,14,15)16/h1-4,7-10H. The van der Waals surface area contributed by atoms with Gasteiger partial charge in [-0.25, -0.2) is 0 Å². The molecule has 8 heteroatoms. The van der Waals surface area contributed by atoms with Crippen LogP contribution in [-0.4, -0.2) is 10.6 Å². The fourth-order valence-electron chi connectivity index (χ4n) is 2.65. The van der Waals surface area contributed by atoms with Gasteiger partial charge in [-0.2, -0.15) is 0 Å². The summed E-state index contributed by atoms with van der Waals surface area (Å²) in [6.07, 6.45) is -2.80. The van der Waals surface area contributed by atoms with Gasteiger partial charge in [-0.3, -0.25) is 0 Å². The molecule has 1 aromatic carbocycles. The minimum absolute atomic E-state index is 0.164. The smallest absolute Gasteiger partial charge is 0.292 e. The molecule has 4 atom stereocenters. The van der Waals surface area contributed by atoms with Crippen molar-refractivity contribution in [3.8, 4) is 0 Å². The molecule has 2 heterocycles. The summed E-state index contributed by atoms with van der Waals surface area (Å²) >= 11 is 5.57. The number of ether oxygens (including phenoxy) is 1. The molecular weight excluding hydrogens is 299 g/mol. The van der Waals surface area contributed by atoms with E-state index in [4.69, 9.17) is 16.3 Å². The van der Waals surface area contributed by atoms with Gasteiger partial charge in [-0.05, 0) is 11.1 Å². The van der Waals surface area contributed by atoms with E-state index < -0.39 is 33.1 Å². The van der Waals surface area contributed by atoms with Crippen LogP contribution in [0.4, 0.5) is 19.4 Å². The van der Waals surface area contributed by atoms with Gasteiger partial charge in [-0.15, -0.1) is 11.6 Å². The van der Waals surface area contributed by atoms with Gasteiger partial charge in [0.05, 0.1) is 5.38 Å². The van der Waals surface area contributed by atoms with Crippen LogP contribution in [0.5, 0.6) is 0 Å². The number of fused-ring (bicyclic) bond motifs is 5. The number of benzene rings is 1. The van der Waals surface area contributed by atoms with E-state index in [9.17, 15) is 19.4 Å². The second-order valence-corrected chi connectivity index (χ2v) is 7.65. The van der Waals surface area contributed by atoms with Gasteiger partial charge in [0.2, 0.25) is 0 Å². The topological polar surface area (TPSA) is 9.23 Å². The lowest BCUT2D eigenvalue weighted by Gasteiger charge is -2.49. The van der Waals surface area contributed by atoms with Gasteiger partial charge in [0.1, 0.15) is 17.5 Å². The number of rotatable bonds is 1. The van der Waals surface area contributed by atoms with E-state index >= 15 is 0 Å². The molecule has 2 bridgehead atoms. The predicted octanol–water partition coefficient (Wildman–Crippen LogP) is 5.09. The van der Waals surface area contributed by atoms with Crippen LogP contribution in [0.2, 0.25) is 0 Å². The van der Waals surface area contributed by atoms with Gasteiger partial charge in [-0.1, -0.05) is 43.7 Å². The molecular formula is C10H8ClF5OS. The summed E-state index contributed by atoms with van der Waals surface area (Å²) in [6.45, 7) is 0. The van der Waals surface area contributed by atoms with E-state index in [1.807, 2.05) is 0 Å². The average molecular weight is 307 g/mol. The zero-order valence-corrected chi connectivity index (χ0v) is 10.3. The lowest BCUT2D eigenvalue weighted by Crippen LogP contribution is -2.37. The van der Waals surface area contributed by atoms with Gasteiger partial charge in [0.25, 0.3) is 10.2 Å². The van der Waals surface area contributed by atoms with Crippen LogP contribution < -0.4 is 0 Å². The molecule has 2 aliphatic heterocycles. The highest BCUT2D eigenvalue weighted by molar-refractivity contribution is 8.46. The van der Waals surface area contributed by atoms with Crippen LogP contribution in [0.1, 0.15) is 23.3 Å². The van der Waals surface area contributed by atoms with Crippen molar-refractivity contribution in [2.75, 3.05) is 0 Å². The van der Waals surface area contributed by atoms with Crippen LogP contribution in [0, 0.1) is 0 Å². The minimum atomic E-state index is -9.68. The van der Waals surface area contributed by atoms with E-state index in [0.29, 0.717) is 5.56 Å². The molecule has 1 saturated heterocycles. The predicted molar refractivity (Wildman–Crippen MR) is 59.6 cm³/mol. The van der Waals surface area contributed by atoms with Crippen molar-refractivity contribution in [2.45, 2.75) is 22.8 Å². The Kier molecular flexibility index (Phi) is 1.95. The van der Waals surface area contributed by atoms with E-state index in [0.717, 1.165) is 0 Å². The van der Waals surface area contributed by atoms with Crippen molar-refractivity contribution in [3.63, 3.8) is 0 Å². The van der Waals surface area contributed by atoms with Crippen LogP contribution in [0.25, 0.3) is 0 Å². The molecule has 1 fully saturated rings. The van der Waals surface area contributed by atoms with Crippen LogP contribution in [0.3, 0.4) is 0 Å². The van der Waals surface area contributed by atoms with E-state index in [2.05, 4.69) is 0 Å². The Balaban J connectivity index is 2.16. The molecule has 18 heavy (non-hydrogen) atoms. The molecule has 1 aromatic rings. The second kappa shape index (κ2) is 2.81. The summed E-state index contributed by atoms with van der Waals surface area (Å²) in [6, 6.07) is 6.03. The first kappa shape index (κ1) is 12.5. The first-order valence-electron chi connectivity index (χ1n) is 5.10. The normalized spacial score (nSPS) is 38.1. The largest absolute Gasteiger partial charge is 0.362 e. The number of halogens is 6. The minimum Gasteiger partial charge on any atom is -0.362 e. The van der Waals surface area contributed by atoms with Crippen LogP contribution >= 0.6 is 21.8 Å². The summed E-state index contributed by atoms with van der Waals surface area (Å²) in [5, 5.41) is -4.69. The third kappa shape index (κ3) is 1.64. The van der Waals surface area contributed by atoms with Crippen LogP contribution in [0.15, 0.2) is 24.3 Å². The molecule has 0 spiro atoms. The lowest BCUT2D eigenvalue weighted by atomic mass is 9.91. The quantitative estimate of drug-likeness (QED) is 0.519. The fourth-order valence-corrected chi connectivity index (χ4v) is 4.88. The first-order chi connectivity index (χ1) is 7.99. The highest BCUT2D eigenvalue weighted by Gasteiger charge is 2.78. The molecule has 0 N–H and O–H groups in total. The molecule has 1 nitrogen and oxygen atoms in total.